The number of anilines is 1. The molecule has 7 heteroatoms. The summed E-state index contributed by atoms with van der Waals surface area (Å²) in [7, 11) is 1.61. The molecule has 126 valence electrons. The number of aliphatic carboxylic acids is 1. The summed E-state index contributed by atoms with van der Waals surface area (Å²) in [4.78, 5) is 33.8. The third-order valence-electron chi connectivity index (χ3n) is 3.04. The molecule has 0 unspecified atom stereocenters. The van der Waals surface area contributed by atoms with Crippen LogP contribution < -0.4 is 10.6 Å². The van der Waals surface area contributed by atoms with Crippen LogP contribution in [0.2, 0.25) is 0 Å². The van der Waals surface area contributed by atoms with Gasteiger partial charge in [-0.2, -0.15) is 0 Å². The van der Waals surface area contributed by atoms with Gasteiger partial charge in [-0.05, 0) is 37.1 Å². The van der Waals surface area contributed by atoms with Crippen molar-refractivity contribution in [2.45, 2.75) is 25.7 Å². The van der Waals surface area contributed by atoms with Gasteiger partial charge in [-0.3, -0.25) is 14.4 Å². The van der Waals surface area contributed by atoms with Crippen molar-refractivity contribution < 1.29 is 24.2 Å². The lowest BCUT2D eigenvalue weighted by Crippen LogP contribution is -2.25. The fourth-order valence-corrected chi connectivity index (χ4v) is 1.85. The van der Waals surface area contributed by atoms with Crippen molar-refractivity contribution in [2.24, 2.45) is 0 Å². The fourth-order valence-electron chi connectivity index (χ4n) is 1.85. The third kappa shape index (κ3) is 7.96. The third-order valence-corrected chi connectivity index (χ3v) is 3.04. The van der Waals surface area contributed by atoms with Crippen LogP contribution in [-0.2, 0) is 14.3 Å². The number of methoxy groups -OCH3 is 1. The number of benzene rings is 1. The monoisotopic (exact) mass is 322 g/mol. The average molecular weight is 322 g/mol. The Labute approximate surface area is 135 Å². The quantitative estimate of drug-likeness (QED) is 0.568. The molecule has 7 nitrogen and oxygen atoms in total. The molecule has 0 aromatic heterocycles. The molecular weight excluding hydrogens is 300 g/mol. The zero-order chi connectivity index (χ0) is 17.1. The predicted octanol–water partition coefficient (Wildman–Crippen LogP) is 1.65. The van der Waals surface area contributed by atoms with E-state index < -0.39 is 5.97 Å². The SMILES string of the molecule is COCCCNC(=O)c1ccc(NC(=O)CCCC(=O)O)cc1. The van der Waals surface area contributed by atoms with Crippen molar-refractivity contribution in [3.05, 3.63) is 29.8 Å². The highest BCUT2D eigenvalue weighted by Gasteiger charge is 2.07. The van der Waals surface area contributed by atoms with Gasteiger partial charge in [-0.25, -0.2) is 0 Å². The van der Waals surface area contributed by atoms with Crippen molar-refractivity contribution in [3.63, 3.8) is 0 Å². The number of ether oxygens (including phenoxy) is 1. The molecule has 0 saturated carbocycles. The van der Waals surface area contributed by atoms with Crippen LogP contribution in [-0.4, -0.2) is 43.2 Å². The smallest absolute Gasteiger partial charge is 0.303 e. The Morgan fingerprint density at radius 2 is 1.78 bits per heavy atom. The van der Waals surface area contributed by atoms with Crippen LogP contribution in [0.3, 0.4) is 0 Å². The largest absolute Gasteiger partial charge is 0.481 e. The van der Waals surface area contributed by atoms with Gasteiger partial charge < -0.3 is 20.5 Å². The summed E-state index contributed by atoms with van der Waals surface area (Å²) in [6.07, 6.45) is 1.15. The molecule has 0 heterocycles. The summed E-state index contributed by atoms with van der Waals surface area (Å²) in [5, 5.41) is 13.9. The van der Waals surface area contributed by atoms with Crippen LogP contribution in [0.1, 0.15) is 36.0 Å². The second kappa shape index (κ2) is 10.3. The summed E-state index contributed by atoms with van der Waals surface area (Å²) >= 11 is 0. The van der Waals surface area contributed by atoms with Gasteiger partial charge in [-0.1, -0.05) is 0 Å². The first kappa shape index (κ1) is 18.6. The van der Waals surface area contributed by atoms with Gasteiger partial charge in [0, 0.05) is 44.4 Å². The van der Waals surface area contributed by atoms with Gasteiger partial charge in [0.2, 0.25) is 5.91 Å². The Bertz CT molecular complexity index is 528. The molecule has 0 bridgehead atoms. The highest BCUT2D eigenvalue weighted by atomic mass is 16.5. The van der Waals surface area contributed by atoms with E-state index in [9.17, 15) is 14.4 Å². The molecule has 0 aliphatic heterocycles. The first-order chi connectivity index (χ1) is 11.0. The van der Waals surface area contributed by atoms with Gasteiger partial charge in [0.25, 0.3) is 5.91 Å². The lowest BCUT2D eigenvalue weighted by molar-refractivity contribution is -0.137. The van der Waals surface area contributed by atoms with E-state index in [0.717, 1.165) is 6.42 Å². The number of carbonyl (C=O) groups excluding carboxylic acids is 2. The molecule has 3 N–H and O–H groups in total. The van der Waals surface area contributed by atoms with Crippen molar-refractivity contribution in [1.29, 1.82) is 0 Å². The van der Waals surface area contributed by atoms with E-state index >= 15 is 0 Å². The van der Waals surface area contributed by atoms with Crippen LogP contribution in [0.5, 0.6) is 0 Å². The Balaban J connectivity index is 2.39. The van der Waals surface area contributed by atoms with E-state index in [2.05, 4.69) is 10.6 Å². The Morgan fingerprint density at radius 1 is 1.09 bits per heavy atom. The van der Waals surface area contributed by atoms with E-state index in [1.54, 1.807) is 31.4 Å². The number of hydrogen-bond acceptors (Lipinski definition) is 4. The van der Waals surface area contributed by atoms with E-state index in [1.807, 2.05) is 0 Å². The molecular formula is C16H22N2O5. The first-order valence-electron chi connectivity index (χ1n) is 7.41. The van der Waals surface area contributed by atoms with Crippen molar-refractivity contribution in [3.8, 4) is 0 Å². The van der Waals surface area contributed by atoms with Gasteiger partial charge in [0.15, 0.2) is 0 Å². The maximum absolute atomic E-state index is 11.9. The fraction of sp³-hybridized carbons (Fsp3) is 0.438. The van der Waals surface area contributed by atoms with Gasteiger partial charge >= 0.3 is 5.97 Å². The van der Waals surface area contributed by atoms with Crippen LogP contribution in [0.15, 0.2) is 24.3 Å². The number of rotatable bonds is 10. The summed E-state index contributed by atoms with van der Waals surface area (Å²) < 4.78 is 4.90. The maximum atomic E-state index is 11.9. The van der Waals surface area contributed by atoms with Crippen LogP contribution in [0.4, 0.5) is 5.69 Å². The number of carboxylic acid groups (broad SMARTS) is 1. The van der Waals surface area contributed by atoms with E-state index in [0.29, 0.717) is 30.8 Å². The zero-order valence-corrected chi connectivity index (χ0v) is 13.1. The molecule has 0 aliphatic rings. The molecule has 0 radical (unpaired) electrons. The molecule has 2 amide bonds. The molecule has 0 fully saturated rings. The lowest BCUT2D eigenvalue weighted by Gasteiger charge is -2.07. The van der Waals surface area contributed by atoms with E-state index in [-0.39, 0.29) is 24.7 Å². The minimum Gasteiger partial charge on any atom is -0.481 e. The molecule has 0 spiro atoms. The number of carbonyl (C=O) groups is 3. The molecule has 1 rings (SSSR count). The Hall–Kier alpha value is -2.41. The number of nitrogens with one attached hydrogen (secondary N) is 2. The van der Waals surface area contributed by atoms with Crippen LogP contribution in [0.25, 0.3) is 0 Å². The van der Waals surface area contributed by atoms with E-state index in [1.165, 1.54) is 0 Å². The molecule has 0 atom stereocenters. The number of amides is 2. The van der Waals surface area contributed by atoms with Gasteiger partial charge in [-0.15, -0.1) is 0 Å². The van der Waals surface area contributed by atoms with Crippen molar-refractivity contribution >= 4 is 23.5 Å². The average Bonchev–Trinajstić information content (AvgIpc) is 2.51. The molecule has 1 aromatic carbocycles. The summed E-state index contributed by atoms with van der Waals surface area (Å²) in [5.41, 5.74) is 1.08. The summed E-state index contributed by atoms with van der Waals surface area (Å²) in [6, 6.07) is 6.52. The minimum absolute atomic E-state index is 0.0321. The molecule has 0 aliphatic carbocycles. The second-order valence-electron chi connectivity index (χ2n) is 4.98. The predicted molar refractivity (Wildman–Crippen MR) is 85.4 cm³/mol. The van der Waals surface area contributed by atoms with Gasteiger partial charge in [0.05, 0.1) is 0 Å². The number of hydrogen-bond donors (Lipinski definition) is 3. The number of carboxylic acids is 1. The van der Waals surface area contributed by atoms with Crippen molar-refractivity contribution in [1.82, 2.24) is 5.32 Å². The van der Waals surface area contributed by atoms with E-state index in [4.69, 9.17) is 9.84 Å². The highest BCUT2D eigenvalue weighted by molar-refractivity contribution is 5.95. The maximum Gasteiger partial charge on any atom is 0.303 e. The molecule has 0 saturated heterocycles. The Morgan fingerprint density at radius 3 is 2.39 bits per heavy atom. The summed E-state index contributed by atoms with van der Waals surface area (Å²) in [6.45, 7) is 1.13. The second-order valence-corrected chi connectivity index (χ2v) is 4.98. The normalized spacial score (nSPS) is 10.1. The van der Waals surface area contributed by atoms with Gasteiger partial charge in [0.1, 0.15) is 0 Å². The topological polar surface area (TPSA) is 105 Å². The van der Waals surface area contributed by atoms with Crippen LogP contribution in [0, 0.1) is 0 Å². The standard InChI is InChI=1S/C16H22N2O5/c1-23-11-3-10-17-16(22)12-6-8-13(9-7-12)18-14(19)4-2-5-15(20)21/h6-9H,2-5,10-11H2,1H3,(H,17,22)(H,18,19)(H,20,21). The highest BCUT2D eigenvalue weighted by Crippen LogP contribution is 2.10. The zero-order valence-electron chi connectivity index (χ0n) is 13.1. The van der Waals surface area contributed by atoms with Crippen LogP contribution >= 0.6 is 0 Å². The minimum atomic E-state index is -0.918. The van der Waals surface area contributed by atoms with Crippen molar-refractivity contribution in [2.75, 3.05) is 25.6 Å². The first-order valence-corrected chi connectivity index (χ1v) is 7.41. The summed E-state index contributed by atoms with van der Waals surface area (Å²) in [5.74, 6) is -1.35. The molecule has 23 heavy (non-hydrogen) atoms. The lowest BCUT2D eigenvalue weighted by atomic mass is 10.2. The Kier molecular flexibility index (Phi) is 8.38. The molecule has 1 aromatic rings.